The Bertz CT molecular complexity index is 577. The molecule has 20 heavy (non-hydrogen) atoms. The number of nitrogens with zero attached hydrogens (tertiary/aromatic N) is 1. The highest BCUT2D eigenvalue weighted by molar-refractivity contribution is 6.30. The van der Waals surface area contributed by atoms with Crippen LogP contribution >= 0.6 is 11.6 Å². The van der Waals surface area contributed by atoms with Crippen molar-refractivity contribution < 1.29 is 4.74 Å². The lowest BCUT2D eigenvalue weighted by atomic mass is 10.0. The van der Waals surface area contributed by atoms with E-state index in [4.69, 9.17) is 22.2 Å². The van der Waals surface area contributed by atoms with Crippen LogP contribution in [0.3, 0.4) is 0 Å². The standard InChI is InChI=1S/C15H18ClN3O/c1-10-6-12(9-18-8-10)15(19-17)11(2)20-14-5-3-4-13(16)7-14/h3-9,11,15,19H,17H2,1-2H3. The second-order valence-corrected chi connectivity index (χ2v) is 5.16. The molecule has 0 saturated heterocycles. The van der Waals surface area contributed by atoms with Gasteiger partial charge in [-0.25, -0.2) is 5.43 Å². The SMILES string of the molecule is Cc1cncc(C(NN)C(C)Oc2cccc(Cl)c2)c1. The van der Waals surface area contributed by atoms with Gasteiger partial charge >= 0.3 is 0 Å². The molecule has 2 unspecified atom stereocenters. The predicted octanol–water partition coefficient (Wildman–Crippen LogP) is 3.02. The first kappa shape index (κ1) is 14.8. The van der Waals surface area contributed by atoms with Crippen LogP contribution in [0, 0.1) is 6.92 Å². The van der Waals surface area contributed by atoms with E-state index in [1.54, 1.807) is 18.5 Å². The molecule has 2 rings (SSSR count). The monoisotopic (exact) mass is 291 g/mol. The summed E-state index contributed by atoms with van der Waals surface area (Å²) < 4.78 is 5.89. The largest absolute Gasteiger partial charge is 0.489 e. The number of nitrogens with one attached hydrogen (secondary N) is 1. The van der Waals surface area contributed by atoms with Crippen molar-refractivity contribution in [2.24, 2.45) is 5.84 Å². The summed E-state index contributed by atoms with van der Waals surface area (Å²) in [4.78, 5) is 4.18. The highest BCUT2D eigenvalue weighted by Gasteiger charge is 2.20. The third-order valence-corrected chi connectivity index (χ3v) is 3.26. The van der Waals surface area contributed by atoms with Crippen LogP contribution in [0.4, 0.5) is 0 Å². The van der Waals surface area contributed by atoms with E-state index in [0.29, 0.717) is 10.8 Å². The van der Waals surface area contributed by atoms with Gasteiger partial charge in [0.1, 0.15) is 11.9 Å². The van der Waals surface area contributed by atoms with Crippen LogP contribution in [0.1, 0.15) is 24.1 Å². The number of ether oxygens (including phenoxy) is 1. The maximum absolute atomic E-state index is 5.95. The highest BCUT2D eigenvalue weighted by atomic mass is 35.5. The molecule has 0 aliphatic carbocycles. The Morgan fingerprint density at radius 1 is 1.30 bits per heavy atom. The molecule has 0 bridgehead atoms. The molecule has 1 heterocycles. The van der Waals surface area contributed by atoms with Gasteiger partial charge in [-0.05, 0) is 43.2 Å². The van der Waals surface area contributed by atoms with Crippen LogP contribution in [0.25, 0.3) is 0 Å². The van der Waals surface area contributed by atoms with Gasteiger partial charge in [-0.1, -0.05) is 23.7 Å². The Morgan fingerprint density at radius 2 is 2.10 bits per heavy atom. The van der Waals surface area contributed by atoms with Gasteiger partial charge in [0, 0.05) is 17.4 Å². The molecule has 0 spiro atoms. The van der Waals surface area contributed by atoms with E-state index in [9.17, 15) is 0 Å². The van der Waals surface area contributed by atoms with Gasteiger partial charge in [-0.2, -0.15) is 0 Å². The summed E-state index contributed by atoms with van der Waals surface area (Å²) in [5.41, 5.74) is 4.85. The molecule has 3 N–H and O–H groups in total. The summed E-state index contributed by atoms with van der Waals surface area (Å²) >= 11 is 5.95. The fraction of sp³-hybridized carbons (Fsp3) is 0.267. The van der Waals surface area contributed by atoms with Gasteiger partial charge in [-0.15, -0.1) is 0 Å². The first-order valence-corrected chi connectivity index (χ1v) is 6.78. The molecule has 0 saturated carbocycles. The van der Waals surface area contributed by atoms with Crippen LogP contribution in [0.5, 0.6) is 5.75 Å². The van der Waals surface area contributed by atoms with Gasteiger partial charge in [0.25, 0.3) is 0 Å². The Balaban J connectivity index is 2.15. The molecule has 0 aliphatic heterocycles. The minimum Gasteiger partial charge on any atom is -0.489 e. The number of aromatic nitrogens is 1. The Labute approximate surface area is 123 Å². The first-order chi connectivity index (χ1) is 9.60. The molecular weight excluding hydrogens is 274 g/mol. The fourth-order valence-corrected chi connectivity index (χ4v) is 2.25. The molecule has 5 heteroatoms. The zero-order chi connectivity index (χ0) is 14.5. The second kappa shape index (κ2) is 6.70. The molecule has 0 radical (unpaired) electrons. The van der Waals surface area contributed by atoms with E-state index in [0.717, 1.165) is 11.1 Å². The molecule has 2 aromatic rings. The van der Waals surface area contributed by atoms with Crippen LogP contribution < -0.4 is 16.0 Å². The number of benzene rings is 1. The Kier molecular flexibility index (Phi) is 4.95. The first-order valence-electron chi connectivity index (χ1n) is 6.40. The third-order valence-electron chi connectivity index (χ3n) is 3.02. The van der Waals surface area contributed by atoms with Crippen LogP contribution in [-0.4, -0.2) is 11.1 Å². The van der Waals surface area contributed by atoms with Gasteiger partial charge in [0.05, 0.1) is 6.04 Å². The number of pyridine rings is 1. The quantitative estimate of drug-likeness (QED) is 0.657. The zero-order valence-electron chi connectivity index (χ0n) is 11.5. The number of rotatable bonds is 5. The number of halogens is 1. The van der Waals surface area contributed by atoms with Gasteiger partial charge in [0.2, 0.25) is 0 Å². The van der Waals surface area contributed by atoms with Crippen LogP contribution in [0.15, 0.2) is 42.7 Å². The summed E-state index contributed by atoms with van der Waals surface area (Å²) in [7, 11) is 0. The smallest absolute Gasteiger partial charge is 0.121 e. The minimum atomic E-state index is -0.165. The van der Waals surface area contributed by atoms with Crippen molar-refractivity contribution in [1.29, 1.82) is 0 Å². The van der Waals surface area contributed by atoms with Crippen molar-refractivity contribution in [3.05, 3.63) is 58.9 Å². The van der Waals surface area contributed by atoms with Gasteiger partial charge in [0.15, 0.2) is 0 Å². The van der Waals surface area contributed by atoms with Crippen molar-refractivity contribution in [1.82, 2.24) is 10.4 Å². The predicted molar refractivity (Wildman–Crippen MR) is 80.6 cm³/mol. The molecular formula is C15H18ClN3O. The summed E-state index contributed by atoms with van der Waals surface area (Å²) in [6, 6.07) is 9.19. The van der Waals surface area contributed by atoms with Gasteiger partial charge in [-0.3, -0.25) is 10.8 Å². The molecule has 1 aromatic heterocycles. The minimum absolute atomic E-state index is 0.151. The van der Waals surface area contributed by atoms with Crippen molar-refractivity contribution in [2.45, 2.75) is 26.0 Å². The number of hydrazine groups is 1. The third kappa shape index (κ3) is 3.70. The summed E-state index contributed by atoms with van der Waals surface area (Å²) in [6.45, 7) is 3.94. The topological polar surface area (TPSA) is 60.2 Å². The van der Waals surface area contributed by atoms with Crippen molar-refractivity contribution in [2.75, 3.05) is 0 Å². The van der Waals surface area contributed by atoms with E-state index in [2.05, 4.69) is 10.4 Å². The molecule has 2 atom stereocenters. The lowest BCUT2D eigenvalue weighted by Crippen LogP contribution is -2.38. The highest BCUT2D eigenvalue weighted by Crippen LogP contribution is 2.23. The van der Waals surface area contributed by atoms with E-state index in [1.807, 2.05) is 38.1 Å². The van der Waals surface area contributed by atoms with E-state index in [1.165, 1.54) is 0 Å². The van der Waals surface area contributed by atoms with E-state index >= 15 is 0 Å². The van der Waals surface area contributed by atoms with E-state index < -0.39 is 0 Å². The van der Waals surface area contributed by atoms with E-state index in [-0.39, 0.29) is 12.1 Å². The summed E-state index contributed by atoms with van der Waals surface area (Å²) in [6.07, 6.45) is 3.43. The normalized spacial score (nSPS) is 13.8. The average Bonchev–Trinajstić information content (AvgIpc) is 2.39. The van der Waals surface area contributed by atoms with Crippen LogP contribution in [0.2, 0.25) is 5.02 Å². The maximum Gasteiger partial charge on any atom is 0.121 e. The zero-order valence-corrected chi connectivity index (χ0v) is 12.3. The average molecular weight is 292 g/mol. The second-order valence-electron chi connectivity index (χ2n) is 4.72. The molecule has 0 amide bonds. The van der Waals surface area contributed by atoms with Crippen molar-refractivity contribution in [3.8, 4) is 5.75 Å². The number of nitrogens with two attached hydrogens (primary N) is 1. The number of aryl methyl sites for hydroxylation is 1. The lowest BCUT2D eigenvalue weighted by Gasteiger charge is -2.24. The summed E-state index contributed by atoms with van der Waals surface area (Å²) in [5, 5.41) is 0.643. The lowest BCUT2D eigenvalue weighted by molar-refractivity contribution is 0.171. The number of hydrogen-bond donors (Lipinski definition) is 2. The van der Waals surface area contributed by atoms with Crippen molar-refractivity contribution in [3.63, 3.8) is 0 Å². The Hall–Kier alpha value is -1.62. The number of hydrogen-bond acceptors (Lipinski definition) is 4. The molecule has 0 aliphatic rings. The maximum atomic E-state index is 5.95. The molecule has 1 aromatic carbocycles. The Morgan fingerprint density at radius 3 is 2.75 bits per heavy atom. The molecule has 0 fully saturated rings. The van der Waals surface area contributed by atoms with Gasteiger partial charge < -0.3 is 4.74 Å². The van der Waals surface area contributed by atoms with Crippen molar-refractivity contribution >= 4 is 11.6 Å². The molecule has 106 valence electrons. The fourth-order valence-electron chi connectivity index (χ4n) is 2.07. The summed E-state index contributed by atoms with van der Waals surface area (Å²) in [5.74, 6) is 6.37. The van der Waals surface area contributed by atoms with Crippen LogP contribution in [-0.2, 0) is 0 Å². The molecule has 4 nitrogen and oxygen atoms in total.